The van der Waals surface area contributed by atoms with E-state index in [1.54, 1.807) is 35.5 Å². The molecule has 0 saturated heterocycles. The molecule has 3 rings (SSSR count). The first-order valence-corrected chi connectivity index (χ1v) is 7.53. The van der Waals surface area contributed by atoms with E-state index in [1.807, 2.05) is 34.9 Å². The highest BCUT2D eigenvalue weighted by molar-refractivity contribution is 8.02. The van der Waals surface area contributed by atoms with E-state index in [9.17, 15) is 4.79 Å². The number of benzene rings is 1. The molecule has 0 radical (unpaired) electrons. The second-order valence-electron chi connectivity index (χ2n) is 4.18. The summed E-state index contributed by atoms with van der Waals surface area (Å²) in [5.74, 6) is -0.456. The van der Waals surface area contributed by atoms with E-state index in [1.165, 1.54) is 0 Å². The SMILES string of the molecule is CN(Sc1nccs1)c1cccc2cc(C(N)=O)[nH]c12. The minimum atomic E-state index is -0.456. The monoisotopic (exact) mass is 304 g/mol. The van der Waals surface area contributed by atoms with Gasteiger partial charge < -0.3 is 15.0 Å². The van der Waals surface area contributed by atoms with Crippen LogP contribution in [0.15, 0.2) is 40.2 Å². The number of para-hydroxylation sites is 1. The number of nitrogens with two attached hydrogens (primary N) is 1. The van der Waals surface area contributed by atoms with Crippen molar-refractivity contribution < 1.29 is 4.79 Å². The fourth-order valence-corrected chi connectivity index (χ4v) is 3.58. The summed E-state index contributed by atoms with van der Waals surface area (Å²) in [6.45, 7) is 0. The van der Waals surface area contributed by atoms with Crippen LogP contribution in [0.5, 0.6) is 0 Å². The van der Waals surface area contributed by atoms with Crippen LogP contribution in [0.2, 0.25) is 0 Å². The van der Waals surface area contributed by atoms with E-state index in [0.717, 1.165) is 20.9 Å². The molecule has 0 aliphatic rings. The molecule has 0 saturated carbocycles. The molecule has 1 aromatic carbocycles. The molecule has 3 aromatic rings. The number of carbonyl (C=O) groups excluding carboxylic acids is 1. The van der Waals surface area contributed by atoms with Crippen LogP contribution < -0.4 is 10.0 Å². The van der Waals surface area contributed by atoms with Crippen molar-refractivity contribution in [1.29, 1.82) is 0 Å². The van der Waals surface area contributed by atoms with Gasteiger partial charge in [0, 0.05) is 36.0 Å². The number of nitrogens with zero attached hydrogens (tertiary/aromatic N) is 2. The molecule has 1 amide bonds. The summed E-state index contributed by atoms with van der Waals surface area (Å²) >= 11 is 3.13. The number of H-pyrrole nitrogens is 1. The molecule has 0 aliphatic carbocycles. The molecular weight excluding hydrogens is 292 g/mol. The quantitative estimate of drug-likeness (QED) is 0.727. The van der Waals surface area contributed by atoms with Gasteiger partial charge in [0.1, 0.15) is 5.69 Å². The van der Waals surface area contributed by atoms with Gasteiger partial charge in [-0.25, -0.2) is 4.98 Å². The maximum atomic E-state index is 11.3. The van der Waals surface area contributed by atoms with Gasteiger partial charge in [-0.2, -0.15) is 0 Å². The highest BCUT2D eigenvalue weighted by Gasteiger charge is 2.13. The zero-order valence-corrected chi connectivity index (χ0v) is 12.3. The molecule has 3 N–H and O–H groups in total. The summed E-state index contributed by atoms with van der Waals surface area (Å²) < 4.78 is 2.98. The van der Waals surface area contributed by atoms with E-state index in [2.05, 4.69) is 9.97 Å². The summed E-state index contributed by atoms with van der Waals surface area (Å²) in [6.07, 6.45) is 1.78. The summed E-state index contributed by atoms with van der Waals surface area (Å²) in [5.41, 5.74) is 7.61. The lowest BCUT2D eigenvalue weighted by Gasteiger charge is -2.16. The van der Waals surface area contributed by atoms with Crippen molar-refractivity contribution in [3.63, 3.8) is 0 Å². The third-order valence-electron chi connectivity index (χ3n) is 2.86. The molecule has 7 heteroatoms. The number of aromatic nitrogens is 2. The van der Waals surface area contributed by atoms with Crippen LogP contribution in [-0.2, 0) is 0 Å². The molecular formula is C13H12N4OS2. The predicted molar refractivity (Wildman–Crippen MR) is 83.2 cm³/mol. The molecule has 2 aromatic heterocycles. The topological polar surface area (TPSA) is 75.0 Å². The van der Waals surface area contributed by atoms with Gasteiger partial charge in [0.2, 0.25) is 0 Å². The van der Waals surface area contributed by atoms with E-state index in [-0.39, 0.29) is 0 Å². The second kappa shape index (κ2) is 5.18. The van der Waals surface area contributed by atoms with Crippen LogP contribution >= 0.6 is 23.3 Å². The fraction of sp³-hybridized carbons (Fsp3) is 0.0769. The van der Waals surface area contributed by atoms with Crippen molar-refractivity contribution in [2.75, 3.05) is 11.4 Å². The summed E-state index contributed by atoms with van der Waals surface area (Å²) in [7, 11) is 1.96. The first-order chi connectivity index (χ1) is 9.65. The van der Waals surface area contributed by atoms with Crippen molar-refractivity contribution in [3.8, 4) is 0 Å². The molecule has 2 heterocycles. The number of carbonyl (C=O) groups is 1. The summed E-state index contributed by atoms with van der Waals surface area (Å²) in [5, 5.41) is 2.90. The van der Waals surface area contributed by atoms with Crippen LogP contribution in [0, 0.1) is 0 Å². The van der Waals surface area contributed by atoms with Gasteiger partial charge in [0.15, 0.2) is 4.34 Å². The van der Waals surface area contributed by atoms with Crippen molar-refractivity contribution in [2.24, 2.45) is 5.73 Å². The van der Waals surface area contributed by atoms with Crippen LogP contribution in [0.1, 0.15) is 10.5 Å². The Morgan fingerprint density at radius 1 is 1.50 bits per heavy atom. The van der Waals surface area contributed by atoms with Crippen molar-refractivity contribution in [3.05, 3.63) is 41.5 Å². The Hall–Kier alpha value is -1.99. The van der Waals surface area contributed by atoms with Gasteiger partial charge in [-0.15, -0.1) is 11.3 Å². The first kappa shape index (κ1) is 13.0. The molecule has 0 spiro atoms. The van der Waals surface area contributed by atoms with Crippen molar-refractivity contribution in [2.45, 2.75) is 4.34 Å². The number of aromatic amines is 1. The lowest BCUT2D eigenvalue weighted by molar-refractivity contribution is 0.0996. The van der Waals surface area contributed by atoms with Crippen molar-refractivity contribution >= 4 is 45.8 Å². The van der Waals surface area contributed by atoms with Gasteiger partial charge in [0.25, 0.3) is 5.91 Å². The van der Waals surface area contributed by atoms with Gasteiger partial charge in [0.05, 0.1) is 11.2 Å². The minimum Gasteiger partial charge on any atom is -0.364 e. The molecule has 0 aliphatic heterocycles. The van der Waals surface area contributed by atoms with Crippen molar-refractivity contribution in [1.82, 2.24) is 9.97 Å². The number of anilines is 1. The van der Waals surface area contributed by atoms with Crippen LogP contribution in [0.25, 0.3) is 10.9 Å². The fourth-order valence-electron chi connectivity index (χ4n) is 1.96. The van der Waals surface area contributed by atoms with Gasteiger partial charge in [-0.3, -0.25) is 4.79 Å². The number of fused-ring (bicyclic) bond motifs is 1. The van der Waals surface area contributed by atoms with Gasteiger partial charge in [-0.1, -0.05) is 12.1 Å². The molecule has 102 valence electrons. The number of hydrogen-bond acceptors (Lipinski definition) is 5. The third kappa shape index (κ3) is 2.37. The number of hydrogen-bond donors (Lipinski definition) is 2. The average molecular weight is 304 g/mol. The van der Waals surface area contributed by atoms with E-state index in [0.29, 0.717) is 5.69 Å². The highest BCUT2D eigenvalue weighted by Crippen LogP contribution is 2.33. The first-order valence-electron chi connectivity index (χ1n) is 5.88. The third-order valence-corrected chi connectivity index (χ3v) is 4.67. The Bertz CT molecular complexity index is 751. The molecule has 5 nitrogen and oxygen atoms in total. The minimum absolute atomic E-state index is 0.417. The Morgan fingerprint density at radius 2 is 2.35 bits per heavy atom. The molecule has 0 unspecified atom stereocenters. The number of amides is 1. The summed E-state index contributed by atoms with van der Waals surface area (Å²) in [6, 6.07) is 7.66. The van der Waals surface area contributed by atoms with E-state index in [4.69, 9.17) is 5.73 Å². The van der Waals surface area contributed by atoms with Gasteiger partial charge >= 0.3 is 0 Å². The zero-order valence-electron chi connectivity index (χ0n) is 10.7. The van der Waals surface area contributed by atoms with Gasteiger partial charge in [-0.05, 0) is 12.1 Å². The maximum absolute atomic E-state index is 11.3. The lowest BCUT2D eigenvalue weighted by Crippen LogP contribution is -2.11. The molecule has 20 heavy (non-hydrogen) atoms. The lowest BCUT2D eigenvalue weighted by atomic mass is 10.2. The molecule has 0 fully saturated rings. The number of rotatable bonds is 4. The smallest absolute Gasteiger partial charge is 0.265 e. The molecule has 0 bridgehead atoms. The normalized spacial score (nSPS) is 10.8. The highest BCUT2D eigenvalue weighted by atomic mass is 32.2. The number of thiazole rings is 1. The van der Waals surface area contributed by atoms with Crippen LogP contribution in [0.3, 0.4) is 0 Å². The second-order valence-corrected chi connectivity index (χ2v) is 6.45. The standard InChI is InChI=1S/C13H12N4OS2/c1-17(20-13-15-5-6-19-13)10-4-2-3-8-7-9(12(14)18)16-11(8)10/h2-7,16H,1H3,(H2,14,18). The Kier molecular flexibility index (Phi) is 3.37. The maximum Gasteiger partial charge on any atom is 0.265 e. The average Bonchev–Trinajstić information content (AvgIpc) is 3.05. The Balaban J connectivity index is 2.00. The zero-order chi connectivity index (χ0) is 14.1. The predicted octanol–water partition coefficient (Wildman–Crippen LogP) is 2.87. The van der Waals surface area contributed by atoms with Crippen LogP contribution in [0.4, 0.5) is 5.69 Å². The Morgan fingerprint density at radius 3 is 3.05 bits per heavy atom. The number of nitrogens with one attached hydrogen (secondary N) is 1. The van der Waals surface area contributed by atoms with E-state index >= 15 is 0 Å². The Labute approximate surface area is 123 Å². The summed E-state index contributed by atoms with van der Waals surface area (Å²) in [4.78, 5) is 18.6. The largest absolute Gasteiger partial charge is 0.364 e. The number of primary amides is 1. The van der Waals surface area contributed by atoms with E-state index < -0.39 is 5.91 Å². The molecule has 0 atom stereocenters. The van der Waals surface area contributed by atoms with Crippen LogP contribution in [-0.4, -0.2) is 22.9 Å².